The molecule has 7 nitrogen and oxygen atoms in total. The zero-order valence-corrected chi connectivity index (χ0v) is 15.1. The van der Waals surface area contributed by atoms with E-state index in [1.165, 1.54) is 0 Å². The smallest absolute Gasteiger partial charge is 0.213 e. The highest BCUT2D eigenvalue weighted by Crippen LogP contribution is 2.32. The summed E-state index contributed by atoms with van der Waals surface area (Å²) >= 11 is 0. The number of hydrogen-bond donors (Lipinski definition) is 2. The first kappa shape index (κ1) is 17.8. The number of aromatic nitrogens is 1. The lowest BCUT2D eigenvalue weighted by Crippen LogP contribution is -2.22. The van der Waals surface area contributed by atoms with Gasteiger partial charge in [-0.3, -0.25) is 0 Å². The number of nitrogens with zero attached hydrogens (tertiary/aromatic N) is 2. The van der Waals surface area contributed by atoms with Crippen molar-refractivity contribution in [3.63, 3.8) is 0 Å². The first-order valence-electron chi connectivity index (χ1n) is 8.68. The quantitative estimate of drug-likeness (QED) is 0.632. The maximum atomic E-state index is 5.98. The number of pyridine rings is 1. The Morgan fingerprint density at radius 2 is 2.04 bits per heavy atom. The number of nitrogens with one attached hydrogen (secondary N) is 1. The van der Waals surface area contributed by atoms with Crippen molar-refractivity contribution in [3.8, 4) is 17.4 Å². The van der Waals surface area contributed by atoms with Crippen LogP contribution < -0.4 is 25.3 Å². The molecule has 26 heavy (non-hydrogen) atoms. The maximum Gasteiger partial charge on any atom is 0.213 e. The molecular formula is C19H24N4O3. The van der Waals surface area contributed by atoms with Gasteiger partial charge in [0.15, 0.2) is 17.5 Å². The Morgan fingerprint density at radius 1 is 1.23 bits per heavy atom. The number of aliphatic imine (C=N–C) groups is 1. The molecule has 2 aromatic rings. The summed E-state index contributed by atoms with van der Waals surface area (Å²) < 4.78 is 16.8. The molecule has 3 rings (SSSR count). The highest BCUT2D eigenvalue weighted by molar-refractivity contribution is 5.92. The summed E-state index contributed by atoms with van der Waals surface area (Å²) in [7, 11) is 0. The van der Waals surface area contributed by atoms with Gasteiger partial charge >= 0.3 is 0 Å². The average molecular weight is 356 g/mol. The summed E-state index contributed by atoms with van der Waals surface area (Å²) in [6, 6.07) is 9.37. The molecule has 1 aliphatic rings. The van der Waals surface area contributed by atoms with E-state index in [0.29, 0.717) is 37.3 Å². The molecule has 0 amide bonds. The molecule has 0 radical (unpaired) electrons. The molecule has 0 saturated heterocycles. The van der Waals surface area contributed by atoms with Crippen molar-refractivity contribution >= 4 is 11.6 Å². The van der Waals surface area contributed by atoms with Crippen molar-refractivity contribution in [1.29, 1.82) is 0 Å². The lowest BCUT2D eigenvalue weighted by atomic mass is 10.2. The Kier molecular flexibility index (Phi) is 5.78. The monoisotopic (exact) mass is 356 g/mol. The second-order valence-corrected chi connectivity index (χ2v) is 6.21. The van der Waals surface area contributed by atoms with Gasteiger partial charge in [0.2, 0.25) is 5.88 Å². The number of rotatable bonds is 5. The Bertz CT molecular complexity index is 760. The first-order valence-corrected chi connectivity index (χ1v) is 8.68. The summed E-state index contributed by atoms with van der Waals surface area (Å²) in [6.45, 7) is 5.66. The molecule has 0 bridgehead atoms. The van der Waals surface area contributed by atoms with Gasteiger partial charge < -0.3 is 25.3 Å². The third-order valence-electron chi connectivity index (χ3n) is 3.61. The molecule has 0 unspecified atom stereocenters. The first-order chi connectivity index (χ1) is 12.6. The molecule has 0 fully saturated rings. The van der Waals surface area contributed by atoms with Crippen LogP contribution in [0.2, 0.25) is 0 Å². The third-order valence-corrected chi connectivity index (χ3v) is 3.61. The van der Waals surface area contributed by atoms with Gasteiger partial charge in [-0.2, -0.15) is 0 Å². The van der Waals surface area contributed by atoms with Crippen molar-refractivity contribution in [2.45, 2.75) is 32.9 Å². The van der Waals surface area contributed by atoms with Crippen LogP contribution in [-0.2, 0) is 6.54 Å². The van der Waals surface area contributed by atoms with E-state index in [4.69, 9.17) is 19.9 Å². The van der Waals surface area contributed by atoms with Gasteiger partial charge in [-0.1, -0.05) is 6.07 Å². The van der Waals surface area contributed by atoms with E-state index in [0.717, 1.165) is 23.4 Å². The Morgan fingerprint density at radius 3 is 2.77 bits per heavy atom. The number of hydrogen-bond acceptors (Lipinski definition) is 5. The Balaban J connectivity index is 1.59. The zero-order valence-electron chi connectivity index (χ0n) is 15.1. The van der Waals surface area contributed by atoms with Crippen LogP contribution in [0.15, 0.2) is 41.5 Å². The fourth-order valence-electron chi connectivity index (χ4n) is 2.42. The molecule has 1 aromatic carbocycles. The van der Waals surface area contributed by atoms with E-state index < -0.39 is 0 Å². The van der Waals surface area contributed by atoms with Gasteiger partial charge in [0, 0.05) is 30.4 Å². The van der Waals surface area contributed by atoms with Crippen molar-refractivity contribution in [2.24, 2.45) is 10.7 Å². The SMILES string of the molecule is CC(C)Oc1ccc(CN=C(N)Nc2ccc3c(c2)OCCCO3)cn1. The van der Waals surface area contributed by atoms with Gasteiger partial charge in [0.25, 0.3) is 0 Å². The number of fused-ring (bicyclic) bond motifs is 1. The lowest BCUT2D eigenvalue weighted by molar-refractivity contribution is 0.232. The van der Waals surface area contributed by atoms with E-state index in [1.807, 2.05) is 44.2 Å². The normalized spacial score (nSPS) is 14.0. The minimum atomic E-state index is 0.0986. The van der Waals surface area contributed by atoms with Crippen LogP contribution in [0.25, 0.3) is 0 Å². The minimum Gasteiger partial charge on any atom is -0.490 e. The van der Waals surface area contributed by atoms with Crippen molar-refractivity contribution in [2.75, 3.05) is 18.5 Å². The van der Waals surface area contributed by atoms with Crippen molar-refractivity contribution < 1.29 is 14.2 Å². The summed E-state index contributed by atoms with van der Waals surface area (Å²) in [5.41, 5.74) is 7.73. The molecule has 0 atom stereocenters. The third kappa shape index (κ3) is 5.02. The number of guanidine groups is 1. The van der Waals surface area contributed by atoms with Gasteiger partial charge in [-0.15, -0.1) is 0 Å². The Labute approximate surface area is 153 Å². The van der Waals surface area contributed by atoms with Crippen molar-refractivity contribution in [1.82, 2.24) is 4.98 Å². The van der Waals surface area contributed by atoms with Crippen LogP contribution in [0.4, 0.5) is 5.69 Å². The standard InChI is InChI=1S/C19H24N4O3/c1-13(2)26-18-7-4-14(11-21-18)12-22-19(20)23-15-5-6-16-17(10-15)25-9-3-8-24-16/h4-7,10-11,13H,3,8-9,12H2,1-2H3,(H3,20,22,23). The predicted molar refractivity (Wildman–Crippen MR) is 101 cm³/mol. The average Bonchev–Trinajstić information content (AvgIpc) is 2.85. The fourth-order valence-corrected chi connectivity index (χ4v) is 2.42. The molecule has 2 heterocycles. The van der Waals surface area contributed by atoms with E-state index in [1.54, 1.807) is 6.20 Å². The topological polar surface area (TPSA) is 91.0 Å². The molecule has 0 saturated carbocycles. The van der Waals surface area contributed by atoms with Crippen LogP contribution >= 0.6 is 0 Å². The van der Waals surface area contributed by atoms with E-state index in [-0.39, 0.29) is 6.10 Å². The van der Waals surface area contributed by atoms with E-state index in [9.17, 15) is 0 Å². The number of nitrogens with two attached hydrogens (primary N) is 1. The van der Waals surface area contributed by atoms with E-state index >= 15 is 0 Å². The van der Waals surface area contributed by atoms with Gasteiger partial charge in [0.1, 0.15) is 0 Å². The zero-order chi connectivity index (χ0) is 18.4. The minimum absolute atomic E-state index is 0.0986. The molecule has 7 heteroatoms. The number of benzene rings is 1. The highest BCUT2D eigenvalue weighted by Gasteiger charge is 2.10. The molecule has 3 N–H and O–H groups in total. The molecular weight excluding hydrogens is 332 g/mol. The van der Waals surface area contributed by atoms with Crippen LogP contribution in [0.1, 0.15) is 25.8 Å². The van der Waals surface area contributed by atoms with Crippen LogP contribution in [0, 0.1) is 0 Å². The summed E-state index contributed by atoms with van der Waals surface area (Å²) in [6.07, 6.45) is 2.71. The van der Waals surface area contributed by atoms with E-state index in [2.05, 4.69) is 15.3 Å². The number of ether oxygens (including phenoxy) is 3. The predicted octanol–water partition coefficient (Wildman–Crippen LogP) is 2.96. The molecule has 0 aliphatic carbocycles. The Hall–Kier alpha value is -2.96. The molecule has 138 valence electrons. The van der Waals surface area contributed by atoms with Crippen LogP contribution in [0.5, 0.6) is 17.4 Å². The maximum absolute atomic E-state index is 5.98. The second-order valence-electron chi connectivity index (χ2n) is 6.21. The molecule has 0 spiro atoms. The molecule has 1 aromatic heterocycles. The van der Waals surface area contributed by atoms with Crippen molar-refractivity contribution in [3.05, 3.63) is 42.1 Å². The fraction of sp³-hybridized carbons (Fsp3) is 0.368. The molecule has 1 aliphatic heterocycles. The summed E-state index contributed by atoms with van der Waals surface area (Å²) in [5.74, 6) is 2.39. The van der Waals surface area contributed by atoms with Gasteiger partial charge in [-0.05, 0) is 31.5 Å². The summed E-state index contributed by atoms with van der Waals surface area (Å²) in [4.78, 5) is 8.60. The second kappa shape index (κ2) is 8.42. The van der Waals surface area contributed by atoms with Gasteiger partial charge in [-0.25, -0.2) is 9.98 Å². The largest absolute Gasteiger partial charge is 0.490 e. The summed E-state index contributed by atoms with van der Waals surface area (Å²) in [5, 5.41) is 3.07. The van der Waals surface area contributed by atoms with Crippen LogP contribution in [-0.4, -0.2) is 30.3 Å². The number of anilines is 1. The van der Waals surface area contributed by atoms with Crippen LogP contribution in [0.3, 0.4) is 0 Å². The van der Waals surface area contributed by atoms with Gasteiger partial charge in [0.05, 0.1) is 25.9 Å². The highest BCUT2D eigenvalue weighted by atomic mass is 16.5. The lowest BCUT2D eigenvalue weighted by Gasteiger charge is -2.11.